The summed E-state index contributed by atoms with van der Waals surface area (Å²) in [5.41, 5.74) is 7.67. The van der Waals surface area contributed by atoms with Crippen molar-refractivity contribution in [2.24, 2.45) is 11.7 Å². The Kier molecular flexibility index (Phi) is 7.80. The van der Waals surface area contributed by atoms with Crippen LogP contribution in [0.15, 0.2) is 42.0 Å². The SMILES string of the molecule is CC1CC(c2ccncc2NC(=O)c2csc(-c3c(F)cccc3F)n2)CC(N)C1OCCC#N. The van der Waals surface area contributed by atoms with E-state index in [2.05, 4.69) is 28.3 Å². The Morgan fingerprint density at radius 3 is 2.80 bits per heavy atom. The number of anilines is 1. The molecule has 4 atom stereocenters. The Morgan fingerprint density at radius 2 is 2.09 bits per heavy atom. The Morgan fingerprint density at radius 1 is 1.31 bits per heavy atom. The summed E-state index contributed by atoms with van der Waals surface area (Å²) in [7, 11) is 0. The average Bonchev–Trinajstić information content (AvgIpc) is 3.31. The third kappa shape index (κ3) is 5.53. The molecule has 0 aliphatic heterocycles. The monoisotopic (exact) mass is 497 g/mol. The number of carbonyl (C=O) groups excluding carboxylic acids is 1. The van der Waals surface area contributed by atoms with Crippen molar-refractivity contribution < 1.29 is 18.3 Å². The number of nitrogens with one attached hydrogen (secondary N) is 1. The van der Waals surface area contributed by atoms with Crippen LogP contribution in [0.25, 0.3) is 10.6 Å². The van der Waals surface area contributed by atoms with E-state index in [-0.39, 0.29) is 40.2 Å². The standard InChI is InChI=1S/C25H25F2N5O2S/c1-14-10-15(11-19(29)23(14)34-9-3-7-28)16-6-8-30-12-20(16)31-24(33)21-13-35-25(32-21)22-17(26)4-2-5-18(22)27/h2,4-6,8,12-15,19,23H,3,9-11,29H2,1H3,(H,31,33). The molecule has 0 saturated heterocycles. The number of halogens is 2. The fourth-order valence-electron chi connectivity index (χ4n) is 4.59. The van der Waals surface area contributed by atoms with Crippen LogP contribution in [-0.4, -0.2) is 34.6 Å². The van der Waals surface area contributed by atoms with Gasteiger partial charge in [0, 0.05) is 17.6 Å². The van der Waals surface area contributed by atoms with E-state index in [1.807, 2.05) is 6.07 Å². The molecule has 1 amide bonds. The number of rotatable bonds is 7. The lowest BCUT2D eigenvalue weighted by molar-refractivity contribution is -0.0198. The van der Waals surface area contributed by atoms with Gasteiger partial charge in [-0.3, -0.25) is 9.78 Å². The summed E-state index contributed by atoms with van der Waals surface area (Å²) >= 11 is 0.993. The van der Waals surface area contributed by atoms with Gasteiger partial charge in [-0.05, 0) is 48.4 Å². The summed E-state index contributed by atoms with van der Waals surface area (Å²) in [6, 6.07) is 7.29. The molecule has 0 spiro atoms. The van der Waals surface area contributed by atoms with Crippen molar-refractivity contribution in [3.8, 4) is 16.6 Å². The van der Waals surface area contributed by atoms with E-state index >= 15 is 0 Å². The minimum Gasteiger partial charge on any atom is -0.375 e. The van der Waals surface area contributed by atoms with Gasteiger partial charge in [0.05, 0.1) is 42.6 Å². The van der Waals surface area contributed by atoms with Crippen molar-refractivity contribution in [3.05, 3.63) is 64.9 Å². The summed E-state index contributed by atoms with van der Waals surface area (Å²) in [4.78, 5) is 21.2. The van der Waals surface area contributed by atoms with Gasteiger partial charge in [0.15, 0.2) is 0 Å². The molecule has 1 aromatic carbocycles. The van der Waals surface area contributed by atoms with Crippen molar-refractivity contribution in [2.45, 2.75) is 44.2 Å². The highest BCUT2D eigenvalue weighted by molar-refractivity contribution is 7.13. The molecule has 182 valence electrons. The predicted molar refractivity (Wildman–Crippen MR) is 129 cm³/mol. The first-order valence-electron chi connectivity index (χ1n) is 11.3. The predicted octanol–water partition coefficient (Wildman–Crippen LogP) is 4.88. The van der Waals surface area contributed by atoms with Crippen LogP contribution < -0.4 is 11.1 Å². The minimum absolute atomic E-state index is 0.0575. The van der Waals surface area contributed by atoms with Crippen molar-refractivity contribution >= 4 is 22.9 Å². The summed E-state index contributed by atoms with van der Waals surface area (Å²) < 4.78 is 34.1. The van der Waals surface area contributed by atoms with Gasteiger partial charge in [0.1, 0.15) is 22.3 Å². The molecule has 1 aliphatic rings. The summed E-state index contributed by atoms with van der Waals surface area (Å²) in [5.74, 6) is -1.73. The fourth-order valence-corrected chi connectivity index (χ4v) is 5.44. The van der Waals surface area contributed by atoms with Crippen molar-refractivity contribution in [1.29, 1.82) is 5.26 Å². The zero-order chi connectivity index (χ0) is 24.9. The maximum Gasteiger partial charge on any atom is 0.275 e. The lowest BCUT2D eigenvalue weighted by Gasteiger charge is -2.39. The molecule has 2 heterocycles. The molecule has 7 nitrogen and oxygen atoms in total. The van der Waals surface area contributed by atoms with E-state index in [1.54, 1.807) is 12.4 Å². The molecule has 3 N–H and O–H groups in total. The number of carbonyl (C=O) groups is 1. The second kappa shape index (κ2) is 11.0. The van der Waals surface area contributed by atoms with Gasteiger partial charge in [-0.2, -0.15) is 5.26 Å². The quantitative estimate of drug-likeness (QED) is 0.450. The molecule has 3 aromatic rings. The van der Waals surface area contributed by atoms with E-state index in [0.717, 1.165) is 35.5 Å². The van der Waals surface area contributed by atoms with Crippen molar-refractivity contribution in [2.75, 3.05) is 11.9 Å². The number of nitrogens with two attached hydrogens (primary N) is 1. The Bertz CT molecular complexity index is 1210. The van der Waals surface area contributed by atoms with Gasteiger partial charge in [0.2, 0.25) is 0 Å². The van der Waals surface area contributed by atoms with Crippen LogP contribution in [0.2, 0.25) is 0 Å². The van der Waals surface area contributed by atoms with Crippen LogP contribution >= 0.6 is 11.3 Å². The third-order valence-electron chi connectivity index (χ3n) is 6.18. The number of benzene rings is 1. The van der Waals surface area contributed by atoms with Gasteiger partial charge >= 0.3 is 0 Å². The fraction of sp³-hybridized carbons (Fsp3) is 0.360. The second-order valence-corrected chi connectivity index (χ2v) is 9.46. The van der Waals surface area contributed by atoms with Crippen LogP contribution in [0.3, 0.4) is 0 Å². The van der Waals surface area contributed by atoms with E-state index < -0.39 is 17.5 Å². The zero-order valence-corrected chi connectivity index (χ0v) is 19.9. The molecule has 1 saturated carbocycles. The smallest absolute Gasteiger partial charge is 0.275 e. The van der Waals surface area contributed by atoms with Gasteiger partial charge in [-0.1, -0.05) is 13.0 Å². The molecule has 10 heteroatoms. The third-order valence-corrected chi connectivity index (χ3v) is 7.04. The van der Waals surface area contributed by atoms with Crippen LogP contribution in [0, 0.1) is 28.9 Å². The van der Waals surface area contributed by atoms with Crippen LogP contribution in [-0.2, 0) is 4.74 Å². The van der Waals surface area contributed by atoms with Crippen LogP contribution in [0.5, 0.6) is 0 Å². The van der Waals surface area contributed by atoms with Crippen molar-refractivity contribution in [3.63, 3.8) is 0 Å². The molecule has 0 radical (unpaired) electrons. The van der Waals surface area contributed by atoms with E-state index in [1.165, 1.54) is 11.4 Å². The first kappa shape index (κ1) is 24.9. The van der Waals surface area contributed by atoms with Crippen molar-refractivity contribution in [1.82, 2.24) is 9.97 Å². The molecule has 4 rings (SSSR count). The maximum atomic E-state index is 14.1. The highest BCUT2D eigenvalue weighted by Gasteiger charge is 2.36. The number of hydrogen-bond donors (Lipinski definition) is 2. The number of hydrogen-bond acceptors (Lipinski definition) is 7. The number of amides is 1. The molecule has 1 fully saturated rings. The lowest BCUT2D eigenvalue weighted by Crippen LogP contribution is -2.46. The van der Waals surface area contributed by atoms with Crippen LogP contribution in [0.4, 0.5) is 14.5 Å². The molecular formula is C25H25F2N5O2S. The first-order valence-corrected chi connectivity index (χ1v) is 12.2. The van der Waals surface area contributed by atoms with E-state index in [0.29, 0.717) is 25.1 Å². The summed E-state index contributed by atoms with van der Waals surface area (Å²) in [6.45, 7) is 2.42. The zero-order valence-electron chi connectivity index (χ0n) is 19.1. The largest absolute Gasteiger partial charge is 0.375 e. The van der Waals surface area contributed by atoms with Gasteiger partial charge in [-0.25, -0.2) is 13.8 Å². The number of aromatic nitrogens is 2. The number of nitriles is 1. The highest BCUT2D eigenvalue weighted by Crippen LogP contribution is 2.39. The molecule has 2 aromatic heterocycles. The average molecular weight is 498 g/mol. The van der Waals surface area contributed by atoms with Crippen LogP contribution in [0.1, 0.15) is 48.2 Å². The minimum atomic E-state index is -0.737. The number of ether oxygens (including phenoxy) is 1. The Labute approximate surface area is 206 Å². The lowest BCUT2D eigenvalue weighted by atomic mass is 9.74. The first-order chi connectivity index (χ1) is 16.9. The second-order valence-electron chi connectivity index (χ2n) is 8.60. The summed E-state index contributed by atoms with van der Waals surface area (Å²) in [6.07, 6.45) is 4.88. The number of nitrogens with zero attached hydrogens (tertiary/aromatic N) is 3. The topological polar surface area (TPSA) is 114 Å². The van der Waals surface area contributed by atoms with E-state index in [4.69, 9.17) is 15.7 Å². The molecule has 0 bridgehead atoms. The molecule has 1 aliphatic carbocycles. The molecule has 35 heavy (non-hydrogen) atoms. The molecular weight excluding hydrogens is 472 g/mol. The maximum absolute atomic E-state index is 14.1. The summed E-state index contributed by atoms with van der Waals surface area (Å²) in [5, 5.41) is 13.2. The molecule has 4 unspecified atom stereocenters. The number of pyridine rings is 1. The highest BCUT2D eigenvalue weighted by atomic mass is 32.1. The Balaban J connectivity index is 1.49. The Hall–Kier alpha value is -3.26. The van der Waals surface area contributed by atoms with Gasteiger partial charge in [-0.15, -0.1) is 11.3 Å². The normalized spacial score (nSPS) is 21.9. The van der Waals surface area contributed by atoms with E-state index in [9.17, 15) is 13.6 Å². The van der Waals surface area contributed by atoms with Gasteiger partial charge in [0.25, 0.3) is 5.91 Å². The van der Waals surface area contributed by atoms with Gasteiger partial charge < -0.3 is 15.8 Å². The number of thiazole rings is 1.